The molecule has 128 valence electrons. The number of aryl methyl sites for hydroxylation is 1. The summed E-state index contributed by atoms with van der Waals surface area (Å²) in [5, 5.41) is 12.2. The summed E-state index contributed by atoms with van der Waals surface area (Å²) in [5.41, 5.74) is 3.24. The number of hydrogen-bond acceptors (Lipinski definition) is 2. The lowest BCUT2D eigenvalue weighted by atomic mass is 10.2. The molecule has 0 saturated heterocycles. The lowest BCUT2D eigenvalue weighted by Gasteiger charge is -2.09. The summed E-state index contributed by atoms with van der Waals surface area (Å²) in [6, 6.07) is 19.9. The maximum absolute atomic E-state index is 6.23. The van der Waals surface area contributed by atoms with Crippen LogP contribution >= 0.6 is 23.8 Å². The predicted molar refractivity (Wildman–Crippen MR) is 107 cm³/mol. The van der Waals surface area contributed by atoms with Gasteiger partial charge in [-0.2, -0.15) is 5.10 Å². The number of rotatable bonds is 5. The highest BCUT2D eigenvalue weighted by Crippen LogP contribution is 2.18. The quantitative estimate of drug-likeness (QED) is 0.654. The van der Waals surface area contributed by atoms with Crippen LogP contribution in [0.3, 0.4) is 0 Å². The summed E-state index contributed by atoms with van der Waals surface area (Å²) in [6.45, 7) is 3.30. The molecule has 6 heteroatoms. The average molecular weight is 371 g/mol. The first-order chi connectivity index (χ1) is 12.1. The lowest BCUT2D eigenvalue weighted by Crippen LogP contribution is -2.28. The Morgan fingerprint density at radius 1 is 1.12 bits per heavy atom. The molecule has 2 N–H and O–H groups in total. The van der Waals surface area contributed by atoms with Crippen molar-refractivity contribution in [2.24, 2.45) is 0 Å². The molecule has 0 unspecified atom stereocenters. The van der Waals surface area contributed by atoms with E-state index in [4.69, 9.17) is 23.8 Å². The van der Waals surface area contributed by atoms with E-state index < -0.39 is 0 Å². The minimum absolute atomic E-state index is 0.547. The van der Waals surface area contributed by atoms with Gasteiger partial charge in [-0.1, -0.05) is 60.1 Å². The highest BCUT2D eigenvalue weighted by molar-refractivity contribution is 7.80. The number of anilines is 1. The molecule has 25 heavy (non-hydrogen) atoms. The molecule has 2 aromatic carbocycles. The summed E-state index contributed by atoms with van der Waals surface area (Å²) >= 11 is 11.6. The van der Waals surface area contributed by atoms with Crippen molar-refractivity contribution >= 4 is 34.7 Å². The molecule has 0 bridgehead atoms. The van der Waals surface area contributed by atoms with Crippen LogP contribution in [0.25, 0.3) is 0 Å². The standard InChI is InChI=1S/C19H19ClN4S/c1-14-11-18(22-19(25)21-12-15-7-3-2-4-8-15)23-24(14)13-16-9-5-6-10-17(16)20/h2-11H,12-13H2,1H3,(H2,21,22,23,25). The van der Waals surface area contributed by atoms with Gasteiger partial charge >= 0.3 is 0 Å². The Labute approximate surface area is 157 Å². The minimum Gasteiger partial charge on any atom is -0.358 e. The van der Waals surface area contributed by atoms with Gasteiger partial charge in [0.05, 0.1) is 6.54 Å². The minimum atomic E-state index is 0.547. The fraction of sp³-hybridized carbons (Fsp3) is 0.158. The van der Waals surface area contributed by atoms with Crippen LogP contribution in [0.4, 0.5) is 5.82 Å². The second kappa shape index (κ2) is 8.14. The Bertz CT molecular complexity index is 861. The number of hydrogen-bond donors (Lipinski definition) is 2. The Hall–Kier alpha value is -2.37. The van der Waals surface area contributed by atoms with E-state index in [-0.39, 0.29) is 0 Å². The molecule has 0 aliphatic rings. The molecular weight excluding hydrogens is 352 g/mol. The van der Waals surface area contributed by atoms with E-state index in [1.54, 1.807) is 0 Å². The first-order valence-electron chi connectivity index (χ1n) is 7.98. The fourth-order valence-corrected chi connectivity index (χ4v) is 2.83. The maximum Gasteiger partial charge on any atom is 0.172 e. The number of halogens is 1. The Morgan fingerprint density at radius 3 is 2.60 bits per heavy atom. The van der Waals surface area contributed by atoms with Crippen molar-refractivity contribution in [3.05, 3.63) is 82.5 Å². The molecule has 0 saturated carbocycles. The predicted octanol–water partition coefficient (Wildman–Crippen LogP) is 4.38. The molecule has 0 fully saturated rings. The van der Waals surface area contributed by atoms with Crippen LogP contribution in [0.1, 0.15) is 16.8 Å². The van der Waals surface area contributed by atoms with Crippen molar-refractivity contribution in [3.63, 3.8) is 0 Å². The van der Waals surface area contributed by atoms with Crippen molar-refractivity contribution in [2.45, 2.75) is 20.0 Å². The molecule has 1 aromatic heterocycles. The van der Waals surface area contributed by atoms with Gasteiger partial charge in [-0.3, -0.25) is 4.68 Å². The zero-order valence-corrected chi connectivity index (χ0v) is 15.4. The molecule has 0 atom stereocenters. The van der Waals surface area contributed by atoms with Gasteiger partial charge in [0, 0.05) is 23.3 Å². The smallest absolute Gasteiger partial charge is 0.172 e. The van der Waals surface area contributed by atoms with Crippen molar-refractivity contribution in [3.8, 4) is 0 Å². The Morgan fingerprint density at radius 2 is 1.84 bits per heavy atom. The van der Waals surface area contributed by atoms with Gasteiger partial charge in [0.15, 0.2) is 10.9 Å². The molecule has 1 heterocycles. The molecule has 3 aromatic rings. The Balaban J connectivity index is 1.60. The second-order valence-electron chi connectivity index (χ2n) is 5.71. The zero-order valence-electron chi connectivity index (χ0n) is 13.9. The lowest BCUT2D eigenvalue weighted by molar-refractivity contribution is 0.668. The van der Waals surface area contributed by atoms with Crippen LogP contribution in [0.2, 0.25) is 5.02 Å². The monoisotopic (exact) mass is 370 g/mol. The number of benzene rings is 2. The molecule has 4 nitrogen and oxygen atoms in total. The summed E-state index contributed by atoms with van der Waals surface area (Å²) < 4.78 is 1.91. The van der Waals surface area contributed by atoms with Crippen molar-refractivity contribution in [1.29, 1.82) is 0 Å². The van der Waals surface area contributed by atoms with Crippen molar-refractivity contribution in [2.75, 3.05) is 5.32 Å². The van der Waals surface area contributed by atoms with Gasteiger partial charge in [-0.25, -0.2) is 0 Å². The molecular formula is C19H19ClN4S. The molecule has 0 aliphatic carbocycles. The van der Waals surface area contributed by atoms with Crippen molar-refractivity contribution in [1.82, 2.24) is 15.1 Å². The second-order valence-corrected chi connectivity index (χ2v) is 6.53. The van der Waals surface area contributed by atoms with Gasteiger partial charge in [-0.05, 0) is 36.3 Å². The summed E-state index contributed by atoms with van der Waals surface area (Å²) in [7, 11) is 0. The third kappa shape index (κ3) is 4.81. The molecule has 3 rings (SSSR count). The van der Waals surface area contributed by atoms with E-state index in [1.165, 1.54) is 5.56 Å². The average Bonchev–Trinajstić information content (AvgIpc) is 2.95. The highest BCUT2D eigenvalue weighted by Gasteiger charge is 2.08. The van der Waals surface area contributed by atoms with E-state index in [2.05, 4.69) is 27.9 Å². The Kier molecular flexibility index (Phi) is 5.68. The number of nitrogens with one attached hydrogen (secondary N) is 2. The van der Waals surface area contributed by atoms with E-state index in [9.17, 15) is 0 Å². The topological polar surface area (TPSA) is 41.9 Å². The van der Waals surface area contributed by atoms with E-state index in [0.29, 0.717) is 18.2 Å². The number of aromatic nitrogens is 2. The maximum atomic E-state index is 6.23. The van der Waals surface area contributed by atoms with Crippen LogP contribution in [0.15, 0.2) is 60.7 Å². The van der Waals surface area contributed by atoms with E-state index >= 15 is 0 Å². The molecule has 0 radical (unpaired) electrons. The van der Waals surface area contributed by atoms with Gasteiger partial charge in [0.1, 0.15) is 0 Å². The van der Waals surface area contributed by atoms with Crippen molar-refractivity contribution < 1.29 is 0 Å². The van der Waals surface area contributed by atoms with Crippen LogP contribution in [0.5, 0.6) is 0 Å². The highest BCUT2D eigenvalue weighted by atomic mass is 35.5. The number of thiocarbonyl (C=S) groups is 1. The molecule has 0 spiro atoms. The summed E-state index contributed by atoms with van der Waals surface area (Å²) in [4.78, 5) is 0. The fourth-order valence-electron chi connectivity index (χ4n) is 2.46. The normalized spacial score (nSPS) is 10.5. The van der Waals surface area contributed by atoms with E-state index in [0.717, 1.165) is 22.1 Å². The SMILES string of the molecule is Cc1cc(NC(=S)NCc2ccccc2)nn1Cc1ccccc1Cl. The van der Waals surface area contributed by atoms with Gasteiger partial charge < -0.3 is 10.6 Å². The third-order valence-corrected chi connectivity index (χ3v) is 4.41. The largest absolute Gasteiger partial charge is 0.358 e. The van der Waals surface area contributed by atoms with Crippen LogP contribution in [-0.2, 0) is 13.1 Å². The number of nitrogens with zero attached hydrogens (tertiary/aromatic N) is 2. The van der Waals surface area contributed by atoms with Crippen LogP contribution < -0.4 is 10.6 Å². The zero-order chi connectivity index (χ0) is 17.6. The van der Waals surface area contributed by atoms with Gasteiger partial charge in [-0.15, -0.1) is 0 Å². The first kappa shape index (κ1) is 17.5. The van der Waals surface area contributed by atoms with Crippen LogP contribution in [-0.4, -0.2) is 14.9 Å². The first-order valence-corrected chi connectivity index (χ1v) is 8.77. The van der Waals surface area contributed by atoms with E-state index in [1.807, 2.05) is 60.1 Å². The van der Waals surface area contributed by atoms with Gasteiger partial charge in [0.25, 0.3) is 0 Å². The molecule has 0 aliphatic heterocycles. The van der Waals surface area contributed by atoms with Crippen LogP contribution in [0, 0.1) is 6.92 Å². The third-order valence-electron chi connectivity index (χ3n) is 3.80. The molecule has 0 amide bonds. The van der Waals surface area contributed by atoms with Gasteiger partial charge in [0.2, 0.25) is 0 Å². The summed E-state index contributed by atoms with van der Waals surface area (Å²) in [6.07, 6.45) is 0. The summed E-state index contributed by atoms with van der Waals surface area (Å²) in [5.74, 6) is 0.718.